The summed E-state index contributed by atoms with van der Waals surface area (Å²) in [5, 5.41) is 21.0. The van der Waals surface area contributed by atoms with Gasteiger partial charge in [0, 0.05) is 36.4 Å². The molecule has 0 radical (unpaired) electrons. The topological polar surface area (TPSA) is 112 Å². The van der Waals surface area contributed by atoms with Crippen molar-refractivity contribution in [3.8, 4) is 17.6 Å². The molecule has 2 aliphatic rings. The lowest BCUT2D eigenvalue weighted by Gasteiger charge is -2.30. The predicted molar refractivity (Wildman–Crippen MR) is 187 cm³/mol. The molecule has 10 heteroatoms. The Morgan fingerprint density at radius 1 is 1.09 bits per heavy atom. The molecule has 3 N–H and O–H groups in total. The lowest BCUT2D eigenvalue weighted by atomic mass is 10.0. The molecule has 0 aliphatic carbocycles. The van der Waals surface area contributed by atoms with E-state index in [4.69, 9.17) is 21.1 Å². The number of halogens is 1. The minimum atomic E-state index is -0.226. The van der Waals surface area contributed by atoms with Crippen molar-refractivity contribution in [2.24, 2.45) is 0 Å². The summed E-state index contributed by atoms with van der Waals surface area (Å²) in [5.74, 6) is 0.892. The SMILES string of the molecule is Cc1ccc(COc2ccc(Nc3c(C#N)cnc4c(NC(=O)C=C5CCNCC5)c(OC5CCN(C)CC5)ccc34)cc2Cl)cc1. The van der Waals surface area contributed by atoms with E-state index < -0.39 is 0 Å². The van der Waals surface area contributed by atoms with E-state index in [0.717, 1.165) is 63.0 Å². The molecule has 4 aromatic rings. The molecule has 6 rings (SSSR count). The van der Waals surface area contributed by atoms with Crippen LogP contribution in [0.3, 0.4) is 0 Å². The smallest absolute Gasteiger partial charge is 0.248 e. The molecule has 1 aromatic heterocycles. The van der Waals surface area contributed by atoms with Gasteiger partial charge >= 0.3 is 0 Å². The highest BCUT2D eigenvalue weighted by molar-refractivity contribution is 6.32. The average Bonchev–Trinajstić information content (AvgIpc) is 3.07. The first-order chi connectivity index (χ1) is 22.9. The number of likely N-dealkylation sites (tertiary alicyclic amines) is 1. The quantitative estimate of drug-likeness (QED) is 0.164. The number of piperidine rings is 2. The summed E-state index contributed by atoms with van der Waals surface area (Å²) in [6.07, 6.45) is 6.66. The van der Waals surface area contributed by atoms with Crippen molar-refractivity contribution >= 4 is 45.5 Å². The number of amides is 1. The van der Waals surface area contributed by atoms with E-state index in [2.05, 4.69) is 39.0 Å². The average molecular weight is 651 g/mol. The minimum Gasteiger partial charge on any atom is -0.488 e. The summed E-state index contributed by atoms with van der Waals surface area (Å²) in [5.41, 5.74) is 5.93. The lowest BCUT2D eigenvalue weighted by Crippen LogP contribution is -2.35. The molecule has 1 amide bonds. The van der Waals surface area contributed by atoms with Crippen molar-refractivity contribution in [2.45, 2.75) is 45.3 Å². The van der Waals surface area contributed by atoms with Gasteiger partial charge in [-0.2, -0.15) is 5.26 Å². The number of fused-ring (bicyclic) bond motifs is 1. The van der Waals surface area contributed by atoms with Gasteiger partial charge in [-0.3, -0.25) is 9.78 Å². The van der Waals surface area contributed by atoms with E-state index in [1.807, 2.05) is 55.5 Å². The van der Waals surface area contributed by atoms with Crippen LogP contribution in [-0.2, 0) is 11.4 Å². The van der Waals surface area contributed by atoms with Crippen LogP contribution in [0.1, 0.15) is 42.4 Å². The highest BCUT2D eigenvalue weighted by Gasteiger charge is 2.23. The molecule has 0 spiro atoms. The van der Waals surface area contributed by atoms with Gasteiger partial charge in [0.25, 0.3) is 0 Å². The molecule has 0 bridgehead atoms. The Bertz CT molecular complexity index is 1820. The maximum absolute atomic E-state index is 13.3. The van der Waals surface area contributed by atoms with Crippen molar-refractivity contribution in [3.63, 3.8) is 0 Å². The van der Waals surface area contributed by atoms with Crippen molar-refractivity contribution < 1.29 is 14.3 Å². The number of hydrogen-bond acceptors (Lipinski definition) is 8. The molecule has 0 saturated carbocycles. The summed E-state index contributed by atoms with van der Waals surface area (Å²) in [7, 11) is 2.11. The van der Waals surface area contributed by atoms with Gasteiger partial charge in [-0.15, -0.1) is 0 Å². The maximum Gasteiger partial charge on any atom is 0.248 e. The van der Waals surface area contributed by atoms with Crippen molar-refractivity contribution in [1.82, 2.24) is 15.2 Å². The first-order valence-electron chi connectivity index (χ1n) is 16.0. The fourth-order valence-electron chi connectivity index (χ4n) is 5.89. The Balaban J connectivity index is 1.31. The van der Waals surface area contributed by atoms with E-state index in [1.165, 1.54) is 11.8 Å². The highest BCUT2D eigenvalue weighted by atomic mass is 35.5. The molecule has 47 heavy (non-hydrogen) atoms. The zero-order valence-corrected chi connectivity index (χ0v) is 27.5. The summed E-state index contributed by atoms with van der Waals surface area (Å²) >= 11 is 6.65. The number of carbonyl (C=O) groups is 1. The van der Waals surface area contributed by atoms with Crippen LogP contribution in [0.25, 0.3) is 10.9 Å². The second kappa shape index (κ2) is 14.9. The van der Waals surface area contributed by atoms with Crippen LogP contribution in [0.2, 0.25) is 5.02 Å². The zero-order chi connectivity index (χ0) is 32.8. The zero-order valence-electron chi connectivity index (χ0n) is 26.7. The number of aromatic nitrogens is 1. The number of ether oxygens (including phenoxy) is 2. The van der Waals surface area contributed by atoms with Gasteiger partial charge in [0.1, 0.15) is 36.0 Å². The van der Waals surface area contributed by atoms with Crippen molar-refractivity contribution in [2.75, 3.05) is 43.9 Å². The number of nitrogens with one attached hydrogen (secondary N) is 3. The molecule has 2 fully saturated rings. The number of hydrogen-bond donors (Lipinski definition) is 3. The first kappa shape index (κ1) is 32.3. The largest absolute Gasteiger partial charge is 0.488 e. The molecule has 2 aliphatic heterocycles. The van der Waals surface area contributed by atoms with Crippen LogP contribution < -0.4 is 25.4 Å². The van der Waals surface area contributed by atoms with Crippen LogP contribution in [0.5, 0.6) is 11.5 Å². The molecule has 0 atom stereocenters. The van der Waals surface area contributed by atoms with Crippen LogP contribution >= 0.6 is 11.6 Å². The third-order valence-electron chi connectivity index (χ3n) is 8.63. The van der Waals surface area contributed by atoms with Gasteiger partial charge in [0.2, 0.25) is 5.91 Å². The normalized spacial score (nSPS) is 15.6. The lowest BCUT2D eigenvalue weighted by molar-refractivity contribution is -0.112. The van der Waals surface area contributed by atoms with Crippen molar-refractivity contribution in [3.05, 3.63) is 94.2 Å². The Hall–Kier alpha value is -4.62. The van der Waals surface area contributed by atoms with Crippen LogP contribution in [0.4, 0.5) is 17.1 Å². The van der Waals surface area contributed by atoms with Gasteiger partial charge < -0.3 is 30.3 Å². The second-order valence-electron chi connectivity index (χ2n) is 12.2. The molecule has 9 nitrogen and oxygen atoms in total. The number of nitrogens with zero attached hydrogens (tertiary/aromatic N) is 3. The monoisotopic (exact) mass is 650 g/mol. The molecule has 3 heterocycles. The molecule has 3 aromatic carbocycles. The Labute approximate surface area is 280 Å². The van der Waals surface area contributed by atoms with E-state index in [9.17, 15) is 10.1 Å². The third kappa shape index (κ3) is 8.03. The number of nitriles is 1. The Morgan fingerprint density at radius 3 is 2.55 bits per heavy atom. The number of rotatable bonds is 9. The molecular weight excluding hydrogens is 612 g/mol. The van der Waals surface area contributed by atoms with Gasteiger partial charge in [0.15, 0.2) is 0 Å². The number of aryl methyl sites for hydroxylation is 1. The maximum atomic E-state index is 13.3. The number of anilines is 3. The van der Waals surface area contributed by atoms with Crippen LogP contribution in [0, 0.1) is 18.3 Å². The Morgan fingerprint density at radius 2 is 1.83 bits per heavy atom. The van der Waals surface area contributed by atoms with E-state index in [1.54, 1.807) is 12.1 Å². The minimum absolute atomic E-state index is 0.0203. The number of pyridine rings is 1. The van der Waals surface area contributed by atoms with Gasteiger partial charge in [-0.1, -0.05) is 47.0 Å². The van der Waals surface area contributed by atoms with Crippen LogP contribution in [-0.4, -0.2) is 55.1 Å². The van der Waals surface area contributed by atoms with Gasteiger partial charge in [-0.25, -0.2) is 0 Å². The van der Waals surface area contributed by atoms with Crippen molar-refractivity contribution in [1.29, 1.82) is 5.26 Å². The fourth-order valence-corrected chi connectivity index (χ4v) is 6.13. The summed E-state index contributed by atoms with van der Waals surface area (Å²) < 4.78 is 12.5. The van der Waals surface area contributed by atoms with Gasteiger partial charge in [-0.05, 0) is 88.6 Å². The predicted octanol–water partition coefficient (Wildman–Crippen LogP) is 7.11. The first-order valence-corrected chi connectivity index (χ1v) is 16.4. The summed E-state index contributed by atoms with van der Waals surface area (Å²) in [6.45, 7) is 6.03. The summed E-state index contributed by atoms with van der Waals surface area (Å²) in [6, 6.07) is 19.6. The van der Waals surface area contributed by atoms with Crippen LogP contribution in [0.15, 0.2) is 72.4 Å². The van der Waals surface area contributed by atoms with E-state index in [0.29, 0.717) is 56.7 Å². The molecule has 242 valence electrons. The summed E-state index contributed by atoms with van der Waals surface area (Å²) in [4.78, 5) is 20.3. The molecular formula is C37H39ClN6O3. The molecule has 2 saturated heterocycles. The number of carbonyl (C=O) groups excluding carboxylic acids is 1. The second-order valence-corrected chi connectivity index (χ2v) is 12.6. The van der Waals surface area contributed by atoms with E-state index >= 15 is 0 Å². The molecule has 0 unspecified atom stereocenters. The standard InChI is InChI=1S/C37H39ClN6O3/c1-24-3-5-26(6-4-24)23-46-32-9-7-28(20-31(32)38)42-35-27(21-39)22-41-36-30(35)8-10-33(47-29-13-17-44(2)18-14-29)37(36)43-34(45)19-25-11-15-40-16-12-25/h3-10,19-20,22,29,40H,11-18,23H2,1-2H3,(H,41,42)(H,43,45). The Kier molecular flexibility index (Phi) is 10.2. The highest BCUT2D eigenvalue weighted by Crippen LogP contribution is 2.40. The fraction of sp³-hybridized carbons (Fsp3) is 0.324. The van der Waals surface area contributed by atoms with Gasteiger partial charge in [0.05, 0.1) is 21.8 Å². The number of benzene rings is 3. The third-order valence-corrected chi connectivity index (χ3v) is 8.92. The van der Waals surface area contributed by atoms with E-state index in [-0.39, 0.29) is 12.0 Å².